The van der Waals surface area contributed by atoms with E-state index in [0.29, 0.717) is 26.2 Å². The van der Waals surface area contributed by atoms with E-state index in [-0.39, 0.29) is 30.4 Å². The summed E-state index contributed by atoms with van der Waals surface area (Å²) in [6.45, 7) is 3.66. The van der Waals surface area contributed by atoms with Crippen LogP contribution in [0.1, 0.15) is 25.3 Å². The van der Waals surface area contributed by atoms with Crippen molar-refractivity contribution in [1.29, 1.82) is 0 Å². The van der Waals surface area contributed by atoms with E-state index >= 15 is 0 Å². The van der Waals surface area contributed by atoms with Crippen molar-refractivity contribution in [2.45, 2.75) is 19.4 Å². The van der Waals surface area contributed by atoms with Crippen LogP contribution in [0, 0.1) is 5.92 Å². The van der Waals surface area contributed by atoms with E-state index in [4.69, 9.17) is 4.74 Å². The van der Waals surface area contributed by atoms with Crippen molar-refractivity contribution >= 4 is 11.8 Å². The van der Waals surface area contributed by atoms with Gasteiger partial charge in [0.05, 0.1) is 12.6 Å². The third-order valence-corrected chi connectivity index (χ3v) is 4.24. The molecule has 2 atom stereocenters. The number of nitrogens with zero attached hydrogens (tertiary/aromatic N) is 4. The zero-order chi connectivity index (χ0) is 15.0. The summed E-state index contributed by atoms with van der Waals surface area (Å²) in [6, 6.07) is 0. The number of imidazole rings is 1. The van der Waals surface area contributed by atoms with Gasteiger partial charge in [-0.2, -0.15) is 0 Å². The first kappa shape index (κ1) is 14.1. The number of carbonyl (C=O) groups is 2. The highest BCUT2D eigenvalue weighted by molar-refractivity contribution is 5.89. The topological polar surface area (TPSA) is 67.7 Å². The molecule has 2 aliphatic heterocycles. The Kier molecular flexibility index (Phi) is 3.67. The van der Waals surface area contributed by atoms with Gasteiger partial charge in [0.25, 0.3) is 0 Å². The van der Waals surface area contributed by atoms with Gasteiger partial charge in [-0.1, -0.05) is 0 Å². The molecule has 0 saturated carbocycles. The van der Waals surface area contributed by atoms with Crippen molar-refractivity contribution in [3.63, 3.8) is 0 Å². The van der Waals surface area contributed by atoms with Gasteiger partial charge in [-0.05, 0) is 13.3 Å². The fourth-order valence-electron chi connectivity index (χ4n) is 3.00. The summed E-state index contributed by atoms with van der Waals surface area (Å²) < 4.78 is 7.60. The lowest BCUT2D eigenvalue weighted by Crippen LogP contribution is -2.37. The average molecular weight is 292 g/mol. The summed E-state index contributed by atoms with van der Waals surface area (Å²) in [4.78, 5) is 32.1. The molecule has 0 N–H and O–H groups in total. The summed E-state index contributed by atoms with van der Waals surface area (Å²) >= 11 is 0. The van der Waals surface area contributed by atoms with Crippen molar-refractivity contribution in [1.82, 2.24) is 19.4 Å². The second kappa shape index (κ2) is 5.48. The Morgan fingerprint density at radius 1 is 1.52 bits per heavy atom. The molecule has 7 nitrogen and oxygen atoms in total. The molecule has 0 bridgehead atoms. The molecular formula is C14H20N4O3. The number of hydrogen-bond acceptors (Lipinski definition) is 4. The van der Waals surface area contributed by atoms with Gasteiger partial charge in [-0.15, -0.1) is 0 Å². The molecule has 7 heteroatoms. The molecule has 21 heavy (non-hydrogen) atoms. The van der Waals surface area contributed by atoms with Gasteiger partial charge < -0.3 is 19.1 Å². The van der Waals surface area contributed by atoms with Gasteiger partial charge in [-0.25, -0.2) is 4.98 Å². The zero-order valence-corrected chi connectivity index (χ0v) is 12.4. The Morgan fingerprint density at radius 3 is 2.95 bits per heavy atom. The van der Waals surface area contributed by atoms with E-state index in [0.717, 1.165) is 5.82 Å². The molecule has 0 spiro atoms. The number of likely N-dealkylation sites (N-methyl/N-ethyl adjacent to an activating group) is 1. The van der Waals surface area contributed by atoms with Crippen molar-refractivity contribution in [3.05, 3.63) is 18.2 Å². The summed E-state index contributed by atoms with van der Waals surface area (Å²) in [5.41, 5.74) is 0. The molecule has 2 fully saturated rings. The molecular weight excluding hydrogens is 272 g/mol. The zero-order valence-electron chi connectivity index (χ0n) is 12.4. The molecule has 2 saturated heterocycles. The van der Waals surface area contributed by atoms with Crippen LogP contribution in [-0.2, 0) is 21.4 Å². The van der Waals surface area contributed by atoms with Crippen molar-refractivity contribution in [2.75, 3.05) is 26.4 Å². The molecule has 114 valence electrons. The minimum atomic E-state index is -0.316. The lowest BCUT2D eigenvalue weighted by atomic mass is 9.99. The second-order valence-electron chi connectivity index (χ2n) is 5.51. The summed E-state index contributed by atoms with van der Waals surface area (Å²) in [5, 5.41) is 0. The lowest BCUT2D eigenvalue weighted by Gasteiger charge is -2.23. The number of carbonyl (C=O) groups excluding carboxylic acids is 2. The van der Waals surface area contributed by atoms with E-state index in [1.807, 2.05) is 24.7 Å². The van der Waals surface area contributed by atoms with Gasteiger partial charge >= 0.3 is 0 Å². The van der Waals surface area contributed by atoms with Crippen LogP contribution in [0.25, 0.3) is 0 Å². The van der Waals surface area contributed by atoms with Gasteiger partial charge in [0.1, 0.15) is 18.5 Å². The number of aromatic nitrogens is 2. The first-order valence-electron chi connectivity index (χ1n) is 7.27. The monoisotopic (exact) mass is 292 g/mol. The first-order chi connectivity index (χ1) is 10.1. The average Bonchev–Trinajstić information content (AvgIpc) is 3.16. The predicted octanol–water partition coefficient (Wildman–Crippen LogP) is 0.146. The molecule has 0 aliphatic carbocycles. The van der Waals surface area contributed by atoms with E-state index < -0.39 is 0 Å². The molecule has 1 aromatic heterocycles. The largest absolute Gasteiger partial charge is 0.369 e. The van der Waals surface area contributed by atoms with Crippen LogP contribution in [-0.4, -0.2) is 57.5 Å². The van der Waals surface area contributed by atoms with Gasteiger partial charge in [-0.3, -0.25) is 9.59 Å². The number of aryl methyl sites for hydroxylation is 1. The highest BCUT2D eigenvalue weighted by atomic mass is 16.5. The summed E-state index contributed by atoms with van der Waals surface area (Å²) in [6.07, 6.45) is 3.91. The number of amides is 2. The van der Waals surface area contributed by atoms with E-state index in [9.17, 15) is 9.59 Å². The molecule has 3 rings (SSSR count). The Bertz CT molecular complexity index is 556. The van der Waals surface area contributed by atoms with Crippen molar-refractivity contribution in [3.8, 4) is 0 Å². The quantitative estimate of drug-likeness (QED) is 0.795. The standard InChI is InChI=1S/C14H20N4O3/c1-3-17-9-18(8-11(17)19)14(20)10-4-7-21-12(10)13-15-5-6-16(13)2/h5-6,10,12H,3-4,7-9H2,1-2H3/t10-,12-/m1/s1. The van der Waals surface area contributed by atoms with E-state index in [1.165, 1.54) is 0 Å². The SMILES string of the molecule is CCN1CN(C(=O)[C@@H]2CCO[C@H]2c2nccn2C)CC1=O. The molecule has 3 heterocycles. The maximum absolute atomic E-state index is 12.7. The Hall–Kier alpha value is -1.89. The predicted molar refractivity (Wildman–Crippen MR) is 74.0 cm³/mol. The van der Waals surface area contributed by atoms with Crippen molar-refractivity contribution < 1.29 is 14.3 Å². The van der Waals surface area contributed by atoms with Gasteiger partial charge in [0.15, 0.2) is 0 Å². The number of rotatable bonds is 3. The Labute approximate surface area is 123 Å². The normalized spacial score (nSPS) is 25.9. The highest BCUT2D eigenvalue weighted by Crippen LogP contribution is 2.35. The van der Waals surface area contributed by atoms with Gasteiger partial charge in [0.2, 0.25) is 11.8 Å². The van der Waals surface area contributed by atoms with Crippen LogP contribution >= 0.6 is 0 Å². The van der Waals surface area contributed by atoms with E-state index in [2.05, 4.69) is 4.98 Å². The third-order valence-electron chi connectivity index (χ3n) is 4.24. The summed E-state index contributed by atoms with van der Waals surface area (Å²) in [7, 11) is 1.89. The number of hydrogen-bond donors (Lipinski definition) is 0. The fourth-order valence-corrected chi connectivity index (χ4v) is 3.00. The van der Waals surface area contributed by atoms with Crippen LogP contribution < -0.4 is 0 Å². The summed E-state index contributed by atoms with van der Waals surface area (Å²) in [5.74, 6) is 0.516. The molecule has 2 aliphatic rings. The van der Waals surface area contributed by atoms with E-state index in [1.54, 1.807) is 16.0 Å². The van der Waals surface area contributed by atoms with Crippen molar-refractivity contribution in [2.24, 2.45) is 13.0 Å². The lowest BCUT2D eigenvalue weighted by molar-refractivity contribution is -0.137. The highest BCUT2D eigenvalue weighted by Gasteiger charge is 2.42. The molecule has 2 amide bonds. The van der Waals surface area contributed by atoms with Crippen LogP contribution in [0.3, 0.4) is 0 Å². The minimum absolute atomic E-state index is 0.00944. The maximum atomic E-state index is 12.7. The molecule has 0 aromatic carbocycles. The third kappa shape index (κ3) is 2.42. The smallest absolute Gasteiger partial charge is 0.243 e. The van der Waals surface area contributed by atoms with Crippen LogP contribution in [0.15, 0.2) is 12.4 Å². The molecule has 0 radical (unpaired) electrons. The van der Waals surface area contributed by atoms with Crippen LogP contribution in [0.2, 0.25) is 0 Å². The fraction of sp³-hybridized carbons (Fsp3) is 0.643. The van der Waals surface area contributed by atoms with Crippen LogP contribution in [0.4, 0.5) is 0 Å². The van der Waals surface area contributed by atoms with Gasteiger partial charge in [0, 0.05) is 32.6 Å². The number of ether oxygens (including phenoxy) is 1. The maximum Gasteiger partial charge on any atom is 0.243 e. The Morgan fingerprint density at radius 2 is 2.33 bits per heavy atom. The molecule has 1 aromatic rings. The molecule has 0 unspecified atom stereocenters. The minimum Gasteiger partial charge on any atom is -0.369 e. The Balaban J connectivity index is 1.75. The second-order valence-corrected chi connectivity index (χ2v) is 5.51. The first-order valence-corrected chi connectivity index (χ1v) is 7.27. The van der Waals surface area contributed by atoms with Crippen LogP contribution in [0.5, 0.6) is 0 Å².